The smallest absolute Gasteiger partial charge is 0.267 e. The second kappa shape index (κ2) is 7.17. The molecule has 8 nitrogen and oxygen atoms in total. The molecule has 0 saturated carbocycles. The van der Waals surface area contributed by atoms with Gasteiger partial charge in [-0.1, -0.05) is 0 Å². The van der Waals surface area contributed by atoms with E-state index in [9.17, 15) is 19.5 Å². The van der Waals surface area contributed by atoms with Crippen LogP contribution in [0.15, 0.2) is 23.0 Å². The molecule has 138 valence electrons. The van der Waals surface area contributed by atoms with Gasteiger partial charge in [0.05, 0.1) is 25.3 Å². The molecule has 2 heterocycles. The third-order valence-corrected chi connectivity index (χ3v) is 4.45. The lowest BCUT2D eigenvalue weighted by Crippen LogP contribution is -2.36. The van der Waals surface area contributed by atoms with Gasteiger partial charge in [0.1, 0.15) is 17.1 Å². The Morgan fingerprint density at radius 1 is 1.27 bits per heavy atom. The molecule has 1 amide bonds. The summed E-state index contributed by atoms with van der Waals surface area (Å²) in [4.78, 5) is 38.0. The van der Waals surface area contributed by atoms with Crippen LogP contribution in [0.25, 0.3) is 10.9 Å². The molecule has 0 radical (unpaired) electrons. The zero-order chi connectivity index (χ0) is 18.8. The Labute approximate surface area is 150 Å². The van der Waals surface area contributed by atoms with E-state index in [0.717, 1.165) is 18.8 Å². The summed E-state index contributed by atoms with van der Waals surface area (Å²) < 4.78 is 6.68. The van der Waals surface area contributed by atoms with Crippen molar-refractivity contribution >= 4 is 28.3 Å². The Morgan fingerprint density at radius 3 is 2.62 bits per heavy atom. The van der Waals surface area contributed by atoms with Crippen LogP contribution in [-0.4, -0.2) is 54.2 Å². The molecule has 0 unspecified atom stereocenters. The number of pyridine rings is 1. The predicted octanol–water partition coefficient (Wildman–Crippen LogP) is 0.399. The second-order valence-electron chi connectivity index (χ2n) is 6.27. The number of rotatable bonds is 4. The molecule has 2 aromatic rings. The average Bonchev–Trinajstić information content (AvgIpc) is 2.65. The van der Waals surface area contributed by atoms with E-state index in [-0.39, 0.29) is 23.6 Å². The standard InChI is InChI=1S/C18H21N3O5/c1-11(22)10-19-17(24)15-16(23)13-4-3-12(21-5-7-26-8-6-21)9-14(13)20(2)18(15)25/h3-4,9,23H,5-8,10H2,1-2H3,(H,19,24). The van der Waals surface area contributed by atoms with Crippen LogP contribution in [0.2, 0.25) is 0 Å². The SMILES string of the molecule is CC(=O)CNC(=O)c1c(O)c2ccc(N3CCOCC3)cc2n(C)c1=O. The summed E-state index contributed by atoms with van der Waals surface area (Å²) in [5.41, 5.74) is 0.471. The van der Waals surface area contributed by atoms with Gasteiger partial charge in [-0.05, 0) is 25.1 Å². The Kier molecular flexibility index (Phi) is 4.94. The number of morpholine rings is 1. The van der Waals surface area contributed by atoms with Crippen LogP contribution >= 0.6 is 0 Å². The van der Waals surface area contributed by atoms with Crippen molar-refractivity contribution in [2.24, 2.45) is 7.05 Å². The number of amides is 1. The van der Waals surface area contributed by atoms with Crippen molar-refractivity contribution < 1.29 is 19.4 Å². The molecule has 0 atom stereocenters. The maximum Gasteiger partial charge on any atom is 0.267 e. The minimum atomic E-state index is -0.766. The van der Waals surface area contributed by atoms with Gasteiger partial charge in [0.2, 0.25) is 0 Å². The zero-order valence-corrected chi connectivity index (χ0v) is 14.7. The van der Waals surface area contributed by atoms with E-state index in [1.807, 2.05) is 12.1 Å². The highest BCUT2D eigenvalue weighted by atomic mass is 16.5. The molecule has 1 aliphatic heterocycles. The predicted molar refractivity (Wildman–Crippen MR) is 96.9 cm³/mol. The van der Waals surface area contributed by atoms with Crippen molar-refractivity contribution in [1.29, 1.82) is 0 Å². The number of carbonyl (C=O) groups excluding carboxylic acids is 2. The highest BCUT2D eigenvalue weighted by Crippen LogP contribution is 2.29. The average molecular weight is 359 g/mol. The van der Waals surface area contributed by atoms with Crippen LogP contribution in [0, 0.1) is 0 Å². The van der Waals surface area contributed by atoms with Gasteiger partial charge in [-0.2, -0.15) is 0 Å². The number of carbonyl (C=O) groups is 2. The molecule has 26 heavy (non-hydrogen) atoms. The number of aromatic hydroxyl groups is 1. The molecular formula is C18H21N3O5. The first-order valence-electron chi connectivity index (χ1n) is 8.36. The number of anilines is 1. The monoisotopic (exact) mass is 359 g/mol. The number of ether oxygens (including phenoxy) is 1. The van der Waals surface area contributed by atoms with Crippen molar-refractivity contribution in [2.75, 3.05) is 37.7 Å². The van der Waals surface area contributed by atoms with Gasteiger partial charge in [-0.25, -0.2) is 0 Å². The Bertz CT molecular complexity index is 929. The van der Waals surface area contributed by atoms with Crippen molar-refractivity contribution in [3.63, 3.8) is 0 Å². The van der Waals surface area contributed by atoms with Crippen LogP contribution in [0.4, 0.5) is 5.69 Å². The molecule has 0 spiro atoms. The fourth-order valence-corrected chi connectivity index (χ4v) is 3.03. The fraction of sp³-hybridized carbons (Fsp3) is 0.389. The van der Waals surface area contributed by atoms with E-state index >= 15 is 0 Å². The topological polar surface area (TPSA) is 101 Å². The lowest BCUT2D eigenvalue weighted by molar-refractivity contribution is -0.116. The zero-order valence-electron chi connectivity index (χ0n) is 14.7. The first-order chi connectivity index (χ1) is 12.4. The van der Waals surface area contributed by atoms with Crippen molar-refractivity contribution in [3.05, 3.63) is 34.1 Å². The molecular weight excluding hydrogens is 338 g/mol. The minimum absolute atomic E-state index is 0.199. The maximum absolute atomic E-state index is 12.6. The van der Waals surface area contributed by atoms with Crippen molar-refractivity contribution in [1.82, 2.24) is 9.88 Å². The van der Waals surface area contributed by atoms with Crippen LogP contribution in [-0.2, 0) is 16.6 Å². The van der Waals surface area contributed by atoms with E-state index in [2.05, 4.69) is 10.2 Å². The van der Waals surface area contributed by atoms with Gasteiger partial charge in [0, 0.05) is 31.2 Å². The van der Waals surface area contributed by atoms with E-state index in [0.29, 0.717) is 24.1 Å². The Hall–Kier alpha value is -2.87. The summed E-state index contributed by atoms with van der Waals surface area (Å²) in [5.74, 6) is -1.39. The van der Waals surface area contributed by atoms with E-state index in [1.165, 1.54) is 11.5 Å². The molecule has 0 aliphatic carbocycles. The van der Waals surface area contributed by atoms with Gasteiger partial charge < -0.3 is 24.6 Å². The normalized spacial score (nSPS) is 14.5. The third-order valence-electron chi connectivity index (χ3n) is 4.45. The molecule has 3 rings (SSSR count). The minimum Gasteiger partial charge on any atom is -0.506 e. The van der Waals surface area contributed by atoms with Gasteiger partial charge in [-0.15, -0.1) is 0 Å². The molecule has 1 saturated heterocycles. The molecule has 1 aliphatic rings. The summed E-state index contributed by atoms with van der Waals surface area (Å²) >= 11 is 0. The summed E-state index contributed by atoms with van der Waals surface area (Å²) in [6.45, 7) is 3.89. The first-order valence-corrected chi connectivity index (χ1v) is 8.36. The summed E-state index contributed by atoms with van der Waals surface area (Å²) in [6, 6.07) is 5.35. The number of nitrogens with zero attached hydrogens (tertiary/aromatic N) is 2. The maximum atomic E-state index is 12.6. The Balaban J connectivity index is 2.06. The lowest BCUT2D eigenvalue weighted by atomic mass is 10.1. The number of fused-ring (bicyclic) bond motifs is 1. The Morgan fingerprint density at radius 2 is 1.96 bits per heavy atom. The number of hydrogen-bond acceptors (Lipinski definition) is 6. The van der Waals surface area contributed by atoms with Gasteiger partial charge in [-0.3, -0.25) is 14.4 Å². The number of aromatic nitrogens is 1. The number of Topliss-reactive ketones (excluding diaryl/α,β-unsaturated/α-hetero) is 1. The van der Waals surface area contributed by atoms with E-state index in [4.69, 9.17) is 4.74 Å². The van der Waals surface area contributed by atoms with Crippen LogP contribution in [0.1, 0.15) is 17.3 Å². The molecule has 0 bridgehead atoms. The largest absolute Gasteiger partial charge is 0.506 e. The van der Waals surface area contributed by atoms with Crippen LogP contribution < -0.4 is 15.8 Å². The third kappa shape index (κ3) is 3.28. The van der Waals surface area contributed by atoms with E-state index < -0.39 is 11.5 Å². The van der Waals surface area contributed by atoms with E-state index in [1.54, 1.807) is 13.1 Å². The number of nitrogens with one attached hydrogen (secondary N) is 1. The summed E-state index contributed by atoms with van der Waals surface area (Å²) in [6.07, 6.45) is 0. The summed E-state index contributed by atoms with van der Waals surface area (Å²) in [5, 5.41) is 13.3. The first kappa shape index (κ1) is 17.9. The van der Waals surface area contributed by atoms with Gasteiger partial charge >= 0.3 is 0 Å². The summed E-state index contributed by atoms with van der Waals surface area (Å²) in [7, 11) is 1.55. The lowest BCUT2D eigenvalue weighted by Gasteiger charge is -2.29. The van der Waals surface area contributed by atoms with Crippen LogP contribution in [0.3, 0.4) is 0 Å². The molecule has 8 heteroatoms. The van der Waals surface area contributed by atoms with Crippen molar-refractivity contribution in [2.45, 2.75) is 6.92 Å². The second-order valence-corrected chi connectivity index (χ2v) is 6.27. The van der Waals surface area contributed by atoms with Crippen molar-refractivity contribution in [3.8, 4) is 5.75 Å². The quantitative estimate of drug-likeness (QED) is 0.820. The number of aryl methyl sites for hydroxylation is 1. The fourth-order valence-electron chi connectivity index (χ4n) is 3.03. The number of ketones is 1. The molecule has 1 aromatic heterocycles. The number of benzene rings is 1. The number of hydrogen-bond donors (Lipinski definition) is 2. The molecule has 2 N–H and O–H groups in total. The van der Waals surface area contributed by atoms with Gasteiger partial charge in [0.15, 0.2) is 0 Å². The molecule has 1 fully saturated rings. The van der Waals surface area contributed by atoms with Crippen LogP contribution in [0.5, 0.6) is 5.75 Å². The molecule has 1 aromatic carbocycles. The van der Waals surface area contributed by atoms with Gasteiger partial charge in [0.25, 0.3) is 11.5 Å². The highest BCUT2D eigenvalue weighted by Gasteiger charge is 2.22. The highest BCUT2D eigenvalue weighted by molar-refractivity contribution is 6.03.